The summed E-state index contributed by atoms with van der Waals surface area (Å²) in [5.74, 6) is 0.330. The number of rotatable bonds is 6. The molecule has 2 aromatic heterocycles. The lowest BCUT2D eigenvalue weighted by molar-refractivity contribution is 0.0950. The highest BCUT2D eigenvalue weighted by atomic mass is 16.5. The van der Waals surface area contributed by atoms with Crippen LogP contribution in [0.2, 0.25) is 0 Å². The van der Waals surface area contributed by atoms with Gasteiger partial charge in [-0.15, -0.1) is 0 Å². The van der Waals surface area contributed by atoms with E-state index in [-0.39, 0.29) is 5.91 Å². The Labute approximate surface area is 144 Å². The molecule has 0 unspecified atom stereocenters. The van der Waals surface area contributed by atoms with Crippen LogP contribution < -0.4 is 10.2 Å². The van der Waals surface area contributed by atoms with E-state index in [0.717, 1.165) is 11.3 Å². The fourth-order valence-electron chi connectivity index (χ4n) is 2.21. The van der Waals surface area contributed by atoms with Crippen molar-refractivity contribution in [2.75, 3.05) is 6.61 Å². The molecule has 0 spiro atoms. The summed E-state index contributed by atoms with van der Waals surface area (Å²) in [6, 6.07) is 14.6. The van der Waals surface area contributed by atoms with E-state index in [1.807, 2.05) is 43.3 Å². The first-order chi connectivity index (χ1) is 12.3. The van der Waals surface area contributed by atoms with Crippen molar-refractivity contribution >= 4 is 12.1 Å². The number of para-hydroxylation sites is 1. The van der Waals surface area contributed by atoms with Crippen molar-refractivity contribution in [2.24, 2.45) is 5.10 Å². The minimum Gasteiger partial charge on any atom is -0.493 e. The van der Waals surface area contributed by atoms with Gasteiger partial charge in [-0.1, -0.05) is 18.2 Å². The lowest BCUT2D eigenvalue weighted by Crippen LogP contribution is -2.18. The number of pyridine rings is 1. The number of nitrogens with zero attached hydrogens (tertiary/aromatic N) is 3. The Bertz CT molecular complexity index is 874. The van der Waals surface area contributed by atoms with Gasteiger partial charge >= 0.3 is 0 Å². The van der Waals surface area contributed by atoms with Crippen molar-refractivity contribution in [3.8, 4) is 17.0 Å². The van der Waals surface area contributed by atoms with Gasteiger partial charge in [0.25, 0.3) is 5.91 Å². The Kier molecular flexibility index (Phi) is 5.16. The molecule has 0 aliphatic heterocycles. The third kappa shape index (κ3) is 4.08. The van der Waals surface area contributed by atoms with Crippen LogP contribution in [-0.4, -0.2) is 33.9 Å². The van der Waals surface area contributed by atoms with E-state index in [9.17, 15) is 4.79 Å². The molecule has 0 bridgehead atoms. The largest absolute Gasteiger partial charge is 0.493 e. The topological polar surface area (TPSA) is 92.3 Å². The smallest absolute Gasteiger partial charge is 0.289 e. The Morgan fingerprint density at radius 1 is 1.28 bits per heavy atom. The first-order valence-electron chi connectivity index (χ1n) is 7.80. The van der Waals surface area contributed by atoms with Gasteiger partial charge in [0.1, 0.15) is 11.4 Å². The highest BCUT2D eigenvalue weighted by Crippen LogP contribution is 2.28. The molecule has 3 aromatic rings. The quantitative estimate of drug-likeness (QED) is 0.535. The molecule has 0 radical (unpaired) electrons. The fraction of sp³-hybridized carbons (Fsp3) is 0.111. The number of carbonyl (C=O) groups is 1. The number of amides is 1. The number of hydrogen-bond donors (Lipinski definition) is 2. The average molecular weight is 335 g/mol. The summed E-state index contributed by atoms with van der Waals surface area (Å²) in [5, 5.41) is 10.8. The second-order valence-corrected chi connectivity index (χ2v) is 5.05. The molecule has 0 fully saturated rings. The van der Waals surface area contributed by atoms with E-state index in [2.05, 4.69) is 25.7 Å². The number of benzene rings is 1. The van der Waals surface area contributed by atoms with Crippen molar-refractivity contribution in [2.45, 2.75) is 6.92 Å². The third-order valence-corrected chi connectivity index (χ3v) is 3.34. The zero-order valence-electron chi connectivity index (χ0n) is 13.6. The summed E-state index contributed by atoms with van der Waals surface area (Å²) >= 11 is 0. The Morgan fingerprint density at radius 2 is 2.12 bits per heavy atom. The van der Waals surface area contributed by atoms with E-state index in [1.54, 1.807) is 18.3 Å². The van der Waals surface area contributed by atoms with Gasteiger partial charge in [0, 0.05) is 11.8 Å². The van der Waals surface area contributed by atoms with Crippen molar-refractivity contribution < 1.29 is 9.53 Å². The second-order valence-electron chi connectivity index (χ2n) is 5.05. The maximum atomic E-state index is 12.1. The highest BCUT2D eigenvalue weighted by molar-refractivity contribution is 5.94. The first-order valence-corrected chi connectivity index (χ1v) is 7.80. The second kappa shape index (κ2) is 7.87. The Hall–Kier alpha value is -3.48. The van der Waals surface area contributed by atoms with E-state index < -0.39 is 0 Å². The minimum atomic E-state index is -0.389. The van der Waals surface area contributed by atoms with Crippen LogP contribution in [0.25, 0.3) is 11.3 Å². The van der Waals surface area contributed by atoms with Crippen LogP contribution in [0.3, 0.4) is 0 Å². The highest BCUT2D eigenvalue weighted by Gasteiger charge is 2.13. The summed E-state index contributed by atoms with van der Waals surface area (Å²) in [4.78, 5) is 16.2. The van der Waals surface area contributed by atoms with E-state index in [4.69, 9.17) is 4.74 Å². The Morgan fingerprint density at radius 3 is 2.92 bits per heavy atom. The number of H-pyrrole nitrogens is 1. The molecule has 0 aliphatic rings. The first kappa shape index (κ1) is 16.4. The molecule has 1 amide bonds. The SMILES string of the molecule is CCOc1ccccc1-c1cc(C(=O)N/N=C\c2ccccn2)[nH]n1. The molecule has 2 heterocycles. The maximum Gasteiger partial charge on any atom is 0.289 e. The molecule has 7 nitrogen and oxygen atoms in total. The van der Waals surface area contributed by atoms with Crippen molar-refractivity contribution in [3.63, 3.8) is 0 Å². The van der Waals surface area contributed by atoms with Crippen LogP contribution in [0.1, 0.15) is 23.1 Å². The van der Waals surface area contributed by atoms with E-state index in [0.29, 0.717) is 23.7 Å². The summed E-state index contributed by atoms with van der Waals surface area (Å²) in [5.41, 5.74) is 4.84. The summed E-state index contributed by atoms with van der Waals surface area (Å²) < 4.78 is 5.59. The number of aromatic amines is 1. The standard InChI is InChI=1S/C18H17N5O2/c1-2-25-17-9-4-3-8-14(17)15-11-16(22-21-15)18(24)23-20-12-13-7-5-6-10-19-13/h3-12H,2H2,1H3,(H,21,22)(H,23,24)/b20-12-. The molecule has 2 N–H and O–H groups in total. The van der Waals surface area contributed by atoms with Crippen LogP contribution in [0.4, 0.5) is 0 Å². The summed E-state index contributed by atoms with van der Waals surface area (Å²) in [7, 11) is 0. The molecule has 7 heteroatoms. The van der Waals surface area contributed by atoms with Gasteiger partial charge in [0.2, 0.25) is 0 Å². The van der Waals surface area contributed by atoms with Gasteiger partial charge in [-0.05, 0) is 37.3 Å². The molecule has 1 aromatic carbocycles. The van der Waals surface area contributed by atoms with Gasteiger partial charge in [0.05, 0.1) is 24.2 Å². The van der Waals surface area contributed by atoms with Gasteiger partial charge < -0.3 is 4.74 Å². The lowest BCUT2D eigenvalue weighted by atomic mass is 10.1. The maximum absolute atomic E-state index is 12.1. The summed E-state index contributed by atoms with van der Waals surface area (Å²) in [6.07, 6.45) is 3.12. The van der Waals surface area contributed by atoms with Gasteiger partial charge in [-0.2, -0.15) is 10.2 Å². The molecule has 0 aliphatic carbocycles. The molecular formula is C18H17N5O2. The fourth-order valence-corrected chi connectivity index (χ4v) is 2.21. The number of hydrazone groups is 1. The molecule has 0 atom stereocenters. The van der Waals surface area contributed by atoms with Crippen molar-refractivity contribution in [3.05, 3.63) is 66.1 Å². The average Bonchev–Trinajstić information content (AvgIpc) is 3.13. The molecule has 3 rings (SSSR count). The number of carbonyl (C=O) groups excluding carboxylic acids is 1. The third-order valence-electron chi connectivity index (χ3n) is 3.34. The normalized spacial score (nSPS) is 10.8. The Balaban J connectivity index is 1.71. The minimum absolute atomic E-state index is 0.305. The number of nitrogens with one attached hydrogen (secondary N) is 2. The summed E-state index contributed by atoms with van der Waals surface area (Å²) in [6.45, 7) is 2.47. The molecule has 126 valence electrons. The monoisotopic (exact) mass is 335 g/mol. The predicted molar refractivity (Wildman–Crippen MR) is 94.5 cm³/mol. The van der Waals surface area contributed by atoms with Crippen molar-refractivity contribution in [1.82, 2.24) is 20.6 Å². The predicted octanol–water partition coefficient (Wildman–Crippen LogP) is 2.63. The van der Waals surface area contributed by atoms with Crippen molar-refractivity contribution in [1.29, 1.82) is 0 Å². The molecule has 0 saturated carbocycles. The van der Waals surface area contributed by atoms with Crippen LogP contribution >= 0.6 is 0 Å². The zero-order valence-corrected chi connectivity index (χ0v) is 13.6. The number of aromatic nitrogens is 3. The number of hydrogen-bond acceptors (Lipinski definition) is 5. The van der Waals surface area contributed by atoms with Crippen LogP contribution in [0, 0.1) is 0 Å². The lowest BCUT2D eigenvalue weighted by Gasteiger charge is -2.07. The molecular weight excluding hydrogens is 318 g/mol. The van der Waals surface area contributed by atoms with Crippen LogP contribution in [0.15, 0.2) is 59.8 Å². The van der Waals surface area contributed by atoms with Gasteiger partial charge in [-0.3, -0.25) is 14.9 Å². The number of ether oxygens (including phenoxy) is 1. The van der Waals surface area contributed by atoms with Gasteiger partial charge in [-0.25, -0.2) is 5.43 Å². The van der Waals surface area contributed by atoms with E-state index >= 15 is 0 Å². The van der Waals surface area contributed by atoms with E-state index in [1.165, 1.54) is 6.21 Å². The molecule has 0 saturated heterocycles. The molecule has 25 heavy (non-hydrogen) atoms. The van der Waals surface area contributed by atoms with Gasteiger partial charge in [0.15, 0.2) is 0 Å². The van der Waals surface area contributed by atoms with Crippen LogP contribution in [-0.2, 0) is 0 Å². The van der Waals surface area contributed by atoms with Crippen LogP contribution in [0.5, 0.6) is 5.75 Å². The zero-order chi connectivity index (χ0) is 17.5.